The Kier molecular flexibility index (Phi) is 5.00. The van der Waals surface area contributed by atoms with E-state index in [0.717, 1.165) is 58.7 Å². The lowest BCUT2D eigenvalue weighted by Crippen LogP contribution is -2.50. The van der Waals surface area contributed by atoms with Crippen LogP contribution in [-0.4, -0.2) is 71.5 Å². The van der Waals surface area contributed by atoms with Gasteiger partial charge < -0.3 is 14.4 Å². The molecule has 2 fully saturated rings. The van der Waals surface area contributed by atoms with Gasteiger partial charge in [0.25, 0.3) is 0 Å². The smallest absolute Gasteiger partial charge is 0.225 e. The molecule has 2 saturated heterocycles. The van der Waals surface area contributed by atoms with E-state index in [2.05, 4.69) is 63.7 Å². The summed E-state index contributed by atoms with van der Waals surface area (Å²) in [5, 5.41) is 1.31. The minimum Gasteiger partial charge on any atom is -0.346 e. The molecule has 0 aliphatic carbocycles. The first-order chi connectivity index (χ1) is 12.6. The van der Waals surface area contributed by atoms with Crippen molar-refractivity contribution in [2.75, 3.05) is 46.3 Å². The van der Waals surface area contributed by atoms with Gasteiger partial charge in [-0.05, 0) is 50.5 Å². The van der Waals surface area contributed by atoms with Gasteiger partial charge in [0.15, 0.2) is 0 Å². The molecule has 0 radical (unpaired) electrons. The molecule has 0 saturated carbocycles. The summed E-state index contributed by atoms with van der Waals surface area (Å²) in [6, 6.07) is 10.9. The van der Waals surface area contributed by atoms with E-state index in [4.69, 9.17) is 0 Å². The van der Waals surface area contributed by atoms with Crippen molar-refractivity contribution in [2.45, 2.75) is 19.4 Å². The van der Waals surface area contributed by atoms with E-state index in [1.54, 1.807) is 0 Å². The van der Waals surface area contributed by atoms with Gasteiger partial charge in [-0.15, -0.1) is 0 Å². The second kappa shape index (κ2) is 7.41. The van der Waals surface area contributed by atoms with E-state index in [0.29, 0.717) is 5.91 Å². The van der Waals surface area contributed by atoms with Crippen LogP contribution in [0.5, 0.6) is 0 Å². The third kappa shape index (κ3) is 3.51. The average molecular weight is 354 g/mol. The Balaban J connectivity index is 1.33. The SMILES string of the molecule is CN1CCN(C(=O)C2CCN(Cc3cc4ccccc4n3C)CC2)CC1. The lowest BCUT2D eigenvalue weighted by atomic mass is 9.95. The number of piperazine rings is 1. The largest absolute Gasteiger partial charge is 0.346 e. The maximum atomic E-state index is 12.8. The zero-order chi connectivity index (χ0) is 18.1. The standard InChI is InChI=1S/C21H30N4O/c1-22-11-13-25(14-12-22)21(26)17-7-9-24(10-8-17)16-19-15-18-5-3-4-6-20(18)23(19)2/h3-6,15,17H,7-14,16H2,1-2H3. The Morgan fingerprint density at radius 3 is 2.38 bits per heavy atom. The monoisotopic (exact) mass is 354 g/mol. The molecule has 1 aromatic heterocycles. The molecule has 0 unspecified atom stereocenters. The first-order valence-corrected chi connectivity index (χ1v) is 9.85. The zero-order valence-electron chi connectivity index (χ0n) is 16.0. The number of fused-ring (bicyclic) bond motifs is 1. The number of para-hydroxylation sites is 1. The molecule has 3 heterocycles. The third-order valence-electron chi connectivity index (χ3n) is 6.19. The number of hydrogen-bond donors (Lipinski definition) is 0. The number of likely N-dealkylation sites (N-methyl/N-ethyl adjacent to an activating group) is 1. The summed E-state index contributed by atoms with van der Waals surface area (Å²) >= 11 is 0. The Bertz CT molecular complexity index is 767. The number of aromatic nitrogens is 1. The molecule has 5 nitrogen and oxygen atoms in total. The first-order valence-electron chi connectivity index (χ1n) is 9.85. The molecule has 0 N–H and O–H groups in total. The fourth-order valence-corrected chi connectivity index (χ4v) is 4.35. The van der Waals surface area contributed by atoms with E-state index in [-0.39, 0.29) is 5.92 Å². The lowest BCUT2D eigenvalue weighted by Gasteiger charge is -2.37. The summed E-state index contributed by atoms with van der Waals surface area (Å²) in [6.45, 7) is 6.81. The number of aryl methyl sites for hydroxylation is 1. The summed E-state index contributed by atoms with van der Waals surface area (Å²) in [4.78, 5) is 19.7. The summed E-state index contributed by atoms with van der Waals surface area (Å²) < 4.78 is 2.30. The third-order valence-corrected chi connectivity index (χ3v) is 6.19. The topological polar surface area (TPSA) is 31.7 Å². The molecule has 0 bridgehead atoms. The summed E-state index contributed by atoms with van der Waals surface area (Å²) in [6.07, 6.45) is 1.99. The quantitative estimate of drug-likeness (QED) is 0.847. The number of benzene rings is 1. The molecule has 0 atom stereocenters. The highest BCUT2D eigenvalue weighted by Gasteiger charge is 2.30. The van der Waals surface area contributed by atoms with Crippen LogP contribution in [-0.2, 0) is 18.4 Å². The maximum absolute atomic E-state index is 12.8. The van der Waals surface area contributed by atoms with E-state index in [9.17, 15) is 4.79 Å². The van der Waals surface area contributed by atoms with E-state index in [1.807, 2.05) is 0 Å². The number of likely N-dealkylation sites (tertiary alicyclic amines) is 1. The summed E-state index contributed by atoms with van der Waals surface area (Å²) in [5.41, 5.74) is 2.65. The molecule has 140 valence electrons. The minimum absolute atomic E-state index is 0.224. The van der Waals surface area contributed by atoms with E-state index >= 15 is 0 Å². The van der Waals surface area contributed by atoms with Gasteiger partial charge in [0.2, 0.25) is 5.91 Å². The van der Waals surface area contributed by atoms with Gasteiger partial charge in [0.1, 0.15) is 0 Å². The van der Waals surface area contributed by atoms with Crippen LogP contribution in [0.1, 0.15) is 18.5 Å². The highest BCUT2D eigenvalue weighted by molar-refractivity contribution is 5.81. The van der Waals surface area contributed by atoms with Crippen LogP contribution in [0.25, 0.3) is 10.9 Å². The predicted molar refractivity (Wildman–Crippen MR) is 105 cm³/mol. The van der Waals surface area contributed by atoms with Gasteiger partial charge in [-0.3, -0.25) is 9.69 Å². The Hall–Kier alpha value is -1.85. The maximum Gasteiger partial charge on any atom is 0.225 e. The Morgan fingerprint density at radius 1 is 1.00 bits per heavy atom. The second-order valence-corrected chi connectivity index (χ2v) is 7.93. The van der Waals surface area contributed by atoms with Crippen LogP contribution in [0.4, 0.5) is 0 Å². The van der Waals surface area contributed by atoms with Crippen molar-refractivity contribution < 1.29 is 4.79 Å². The molecule has 4 rings (SSSR count). The number of hydrogen-bond acceptors (Lipinski definition) is 3. The van der Waals surface area contributed by atoms with Gasteiger partial charge in [0, 0.05) is 56.9 Å². The van der Waals surface area contributed by atoms with Gasteiger partial charge >= 0.3 is 0 Å². The highest BCUT2D eigenvalue weighted by Crippen LogP contribution is 2.24. The van der Waals surface area contributed by atoms with Gasteiger partial charge in [0.05, 0.1) is 0 Å². The zero-order valence-corrected chi connectivity index (χ0v) is 16.0. The van der Waals surface area contributed by atoms with Crippen molar-refractivity contribution in [2.24, 2.45) is 13.0 Å². The van der Waals surface area contributed by atoms with Crippen molar-refractivity contribution in [1.82, 2.24) is 19.3 Å². The van der Waals surface area contributed by atoms with Crippen molar-refractivity contribution in [3.63, 3.8) is 0 Å². The van der Waals surface area contributed by atoms with Crippen LogP contribution in [0.3, 0.4) is 0 Å². The number of nitrogens with zero attached hydrogens (tertiary/aromatic N) is 4. The van der Waals surface area contributed by atoms with Crippen LogP contribution >= 0.6 is 0 Å². The fraction of sp³-hybridized carbons (Fsp3) is 0.571. The van der Waals surface area contributed by atoms with Crippen LogP contribution in [0.2, 0.25) is 0 Å². The van der Waals surface area contributed by atoms with Crippen molar-refractivity contribution in [1.29, 1.82) is 0 Å². The number of carbonyl (C=O) groups is 1. The lowest BCUT2D eigenvalue weighted by molar-refractivity contribution is -0.138. The normalized spacial score (nSPS) is 20.8. The number of piperidine rings is 1. The number of rotatable bonds is 3. The van der Waals surface area contributed by atoms with Crippen molar-refractivity contribution in [3.8, 4) is 0 Å². The minimum atomic E-state index is 0.224. The van der Waals surface area contributed by atoms with Gasteiger partial charge in [-0.1, -0.05) is 18.2 Å². The van der Waals surface area contributed by atoms with Crippen molar-refractivity contribution in [3.05, 3.63) is 36.0 Å². The van der Waals surface area contributed by atoms with Gasteiger partial charge in [-0.25, -0.2) is 0 Å². The molecule has 26 heavy (non-hydrogen) atoms. The molecule has 1 amide bonds. The van der Waals surface area contributed by atoms with Crippen molar-refractivity contribution >= 4 is 16.8 Å². The molecule has 2 aliphatic rings. The van der Waals surface area contributed by atoms with Crippen LogP contribution in [0.15, 0.2) is 30.3 Å². The Labute approximate surface area is 156 Å². The molecule has 0 spiro atoms. The Morgan fingerprint density at radius 2 is 1.69 bits per heavy atom. The first kappa shape index (κ1) is 17.6. The van der Waals surface area contributed by atoms with Crippen LogP contribution in [0, 0.1) is 5.92 Å². The molecule has 5 heteroatoms. The summed E-state index contributed by atoms with van der Waals surface area (Å²) in [5.74, 6) is 0.615. The fourth-order valence-electron chi connectivity index (χ4n) is 4.35. The highest BCUT2D eigenvalue weighted by atomic mass is 16.2. The number of amides is 1. The molecule has 2 aliphatic heterocycles. The van der Waals surface area contributed by atoms with Gasteiger partial charge in [-0.2, -0.15) is 0 Å². The second-order valence-electron chi connectivity index (χ2n) is 7.93. The predicted octanol–water partition coefficient (Wildman–Crippen LogP) is 2.16. The number of carbonyl (C=O) groups excluding carboxylic acids is 1. The molecule has 2 aromatic rings. The van der Waals surface area contributed by atoms with E-state index < -0.39 is 0 Å². The molecular weight excluding hydrogens is 324 g/mol. The average Bonchev–Trinajstić information content (AvgIpc) is 2.98. The molecule has 1 aromatic carbocycles. The van der Waals surface area contributed by atoms with Crippen LogP contribution < -0.4 is 0 Å². The molecular formula is C21H30N4O. The van der Waals surface area contributed by atoms with E-state index in [1.165, 1.54) is 16.6 Å². The summed E-state index contributed by atoms with van der Waals surface area (Å²) in [7, 11) is 4.29.